The quantitative estimate of drug-likeness (QED) is 0.617. The number of hydrogen-bond donors (Lipinski definition) is 1. The minimum Gasteiger partial charge on any atom is -0.490 e. The number of benzene rings is 2. The van der Waals surface area contributed by atoms with Crippen LogP contribution in [0, 0.1) is 0 Å². The Kier molecular flexibility index (Phi) is 7.37. The molecule has 0 saturated heterocycles. The van der Waals surface area contributed by atoms with Gasteiger partial charge in [0.2, 0.25) is 10.0 Å². The number of carbonyl (C=O) groups is 1. The van der Waals surface area contributed by atoms with E-state index in [-0.39, 0.29) is 10.8 Å². The summed E-state index contributed by atoms with van der Waals surface area (Å²) < 4.78 is 36.4. The van der Waals surface area contributed by atoms with Crippen molar-refractivity contribution in [2.75, 3.05) is 39.7 Å². The van der Waals surface area contributed by atoms with Crippen molar-refractivity contribution < 1.29 is 22.7 Å². The lowest BCUT2D eigenvalue weighted by Crippen LogP contribution is -2.22. The van der Waals surface area contributed by atoms with Crippen molar-refractivity contribution in [3.63, 3.8) is 0 Å². The zero-order chi connectivity index (χ0) is 20.0. The van der Waals surface area contributed by atoms with Gasteiger partial charge in [-0.05, 0) is 58.4 Å². The Labute approximate surface area is 167 Å². The van der Waals surface area contributed by atoms with E-state index >= 15 is 0 Å². The maximum Gasteiger partial charge on any atom is 0.255 e. The largest absolute Gasteiger partial charge is 0.490 e. The molecule has 0 fully saturated rings. The van der Waals surface area contributed by atoms with E-state index in [1.54, 1.807) is 37.4 Å². The van der Waals surface area contributed by atoms with Crippen molar-refractivity contribution in [2.24, 2.45) is 0 Å². The van der Waals surface area contributed by atoms with Gasteiger partial charge < -0.3 is 14.8 Å². The standard InChI is InChI=1S/C18H21BrN2O5S/c1-21(2)27(23,24)15-7-5-14(6-8-15)20-18(22)13-4-9-17(16(19)12-13)26-11-10-25-3/h4-9,12H,10-11H2,1-3H3,(H,20,22). The van der Waals surface area contributed by atoms with Gasteiger partial charge in [-0.3, -0.25) is 4.79 Å². The van der Waals surface area contributed by atoms with E-state index in [9.17, 15) is 13.2 Å². The molecule has 1 N–H and O–H groups in total. The highest BCUT2D eigenvalue weighted by molar-refractivity contribution is 9.10. The second kappa shape index (κ2) is 9.32. The summed E-state index contributed by atoms with van der Waals surface area (Å²) in [5.74, 6) is 0.296. The first-order valence-electron chi connectivity index (χ1n) is 8.01. The van der Waals surface area contributed by atoms with Crippen LogP contribution in [0.2, 0.25) is 0 Å². The van der Waals surface area contributed by atoms with Crippen LogP contribution in [0.25, 0.3) is 0 Å². The van der Waals surface area contributed by atoms with Crippen molar-refractivity contribution in [1.29, 1.82) is 0 Å². The van der Waals surface area contributed by atoms with Gasteiger partial charge in [-0.15, -0.1) is 0 Å². The smallest absolute Gasteiger partial charge is 0.255 e. The number of carbonyl (C=O) groups excluding carboxylic acids is 1. The number of ether oxygens (including phenoxy) is 2. The number of methoxy groups -OCH3 is 1. The maximum atomic E-state index is 12.4. The first kappa shape index (κ1) is 21.4. The number of anilines is 1. The van der Waals surface area contributed by atoms with Gasteiger partial charge >= 0.3 is 0 Å². The van der Waals surface area contributed by atoms with Crippen LogP contribution in [0.3, 0.4) is 0 Å². The maximum absolute atomic E-state index is 12.4. The van der Waals surface area contributed by atoms with Crippen molar-refractivity contribution >= 4 is 37.5 Å². The first-order chi connectivity index (χ1) is 12.8. The average molecular weight is 457 g/mol. The molecule has 0 spiro atoms. The molecule has 0 bridgehead atoms. The Balaban J connectivity index is 2.08. The predicted octanol–water partition coefficient (Wildman–Crippen LogP) is 2.98. The summed E-state index contributed by atoms with van der Waals surface area (Å²) in [6.45, 7) is 0.872. The van der Waals surface area contributed by atoms with E-state index in [2.05, 4.69) is 21.2 Å². The lowest BCUT2D eigenvalue weighted by molar-refractivity contribution is 0.102. The molecule has 0 aliphatic heterocycles. The topological polar surface area (TPSA) is 84.9 Å². The fourth-order valence-corrected chi connectivity index (χ4v) is 3.51. The Morgan fingerprint density at radius 2 is 1.78 bits per heavy atom. The number of halogens is 1. The summed E-state index contributed by atoms with van der Waals surface area (Å²) in [7, 11) is 1.02. The summed E-state index contributed by atoms with van der Waals surface area (Å²) in [4.78, 5) is 12.6. The number of sulfonamides is 1. The van der Waals surface area contributed by atoms with E-state index in [0.29, 0.717) is 34.7 Å². The van der Waals surface area contributed by atoms with Crippen LogP contribution in [0.4, 0.5) is 5.69 Å². The summed E-state index contributed by atoms with van der Waals surface area (Å²) >= 11 is 3.38. The molecule has 2 aromatic rings. The Hall–Kier alpha value is -1.94. The monoisotopic (exact) mass is 456 g/mol. The highest BCUT2D eigenvalue weighted by Crippen LogP contribution is 2.26. The number of amides is 1. The van der Waals surface area contributed by atoms with Gasteiger partial charge in [-0.2, -0.15) is 0 Å². The summed E-state index contributed by atoms with van der Waals surface area (Å²) in [5, 5.41) is 2.74. The molecule has 1 amide bonds. The molecule has 0 unspecified atom stereocenters. The lowest BCUT2D eigenvalue weighted by atomic mass is 10.2. The Bertz CT molecular complexity index is 898. The first-order valence-corrected chi connectivity index (χ1v) is 10.2. The van der Waals surface area contributed by atoms with E-state index in [1.807, 2.05) is 0 Å². The van der Waals surface area contributed by atoms with Crippen LogP contribution in [0.5, 0.6) is 5.75 Å². The SMILES string of the molecule is COCCOc1ccc(C(=O)Nc2ccc(S(=O)(=O)N(C)C)cc2)cc1Br. The van der Waals surface area contributed by atoms with Gasteiger partial charge in [0.15, 0.2) is 0 Å². The third-order valence-electron chi connectivity index (χ3n) is 3.63. The van der Waals surface area contributed by atoms with Gasteiger partial charge in [0, 0.05) is 32.5 Å². The number of hydrogen-bond acceptors (Lipinski definition) is 5. The lowest BCUT2D eigenvalue weighted by Gasteiger charge is -2.12. The third-order valence-corrected chi connectivity index (χ3v) is 6.08. The molecule has 7 nitrogen and oxygen atoms in total. The van der Waals surface area contributed by atoms with Gasteiger partial charge in [0.1, 0.15) is 12.4 Å². The fourth-order valence-electron chi connectivity index (χ4n) is 2.12. The van der Waals surface area contributed by atoms with Crippen LogP contribution >= 0.6 is 15.9 Å². The molecule has 0 aliphatic carbocycles. The molecule has 0 radical (unpaired) electrons. The highest BCUT2D eigenvalue weighted by Gasteiger charge is 2.17. The van der Waals surface area contributed by atoms with Crippen LogP contribution in [0.15, 0.2) is 51.8 Å². The molecule has 0 aliphatic rings. The molecule has 146 valence electrons. The molecule has 0 atom stereocenters. The number of nitrogens with one attached hydrogen (secondary N) is 1. The molecule has 0 saturated carbocycles. The Morgan fingerprint density at radius 1 is 1.11 bits per heavy atom. The number of rotatable bonds is 8. The molecular weight excluding hydrogens is 436 g/mol. The average Bonchev–Trinajstić information content (AvgIpc) is 2.63. The molecule has 9 heteroatoms. The van der Waals surface area contributed by atoms with Crippen molar-refractivity contribution in [3.8, 4) is 5.75 Å². The molecule has 27 heavy (non-hydrogen) atoms. The molecular formula is C18H21BrN2O5S. The Morgan fingerprint density at radius 3 is 2.33 bits per heavy atom. The second-order valence-electron chi connectivity index (χ2n) is 5.75. The van der Waals surface area contributed by atoms with Gasteiger partial charge in [0.25, 0.3) is 5.91 Å². The number of nitrogens with zero attached hydrogens (tertiary/aromatic N) is 1. The predicted molar refractivity (Wildman–Crippen MR) is 107 cm³/mol. The van der Waals surface area contributed by atoms with E-state index in [1.165, 1.54) is 26.2 Å². The third kappa shape index (κ3) is 5.52. The summed E-state index contributed by atoms with van der Waals surface area (Å²) in [6, 6.07) is 11.0. The van der Waals surface area contributed by atoms with Crippen molar-refractivity contribution in [3.05, 3.63) is 52.5 Å². The molecule has 0 heterocycles. The van der Waals surface area contributed by atoms with Gasteiger partial charge in [-0.25, -0.2) is 12.7 Å². The zero-order valence-corrected chi connectivity index (χ0v) is 17.6. The molecule has 0 aromatic heterocycles. The van der Waals surface area contributed by atoms with Gasteiger partial charge in [0.05, 0.1) is 16.0 Å². The second-order valence-corrected chi connectivity index (χ2v) is 8.76. The zero-order valence-electron chi connectivity index (χ0n) is 15.2. The van der Waals surface area contributed by atoms with Crippen molar-refractivity contribution in [1.82, 2.24) is 4.31 Å². The van der Waals surface area contributed by atoms with Crippen LogP contribution in [0.1, 0.15) is 10.4 Å². The van der Waals surface area contributed by atoms with E-state index in [0.717, 1.165) is 4.31 Å². The summed E-state index contributed by atoms with van der Waals surface area (Å²) in [6.07, 6.45) is 0. The minimum absolute atomic E-state index is 0.158. The fraction of sp³-hybridized carbons (Fsp3) is 0.278. The van der Waals surface area contributed by atoms with Crippen LogP contribution in [-0.2, 0) is 14.8 Å². The van der Waals surface area contributed by atoms with Gasteiger partial charge in [-0.1, -0.05) is 0 Å². The highest BCUT2D eigenvalue weighted by atomic mass is 79.9. The van der Waals surface area contributed by atoms with E-state index in [4.69, 9.17) is 9.47 Å². The minimum atomic E-state index is -3.50. The summed E-state index contributed by atoms with van der Waals surface area (Å²) in [5.41, 5.74) is 0.931. The normalized spacial score (nSPS) is 11.4. The van der Waals surface area contributed by atoms with Crippen LogP contribution < -0.4 is 10.1 Å². The van der Waals surface area contributed by atoms with Crippen molar-refractivity contribution in [2.45, 2.75) is 4.90 Å². The van der Waals surface area contributed by atoms with Crippen LogP contribution in [-0.4, -0.2) is 53.0 Å². The molecule has 2 aromatic carbocycles. The molecule has 2 rings (SSSR count). The van der Waals surface area contributed by atoms with E-state index < -0.39 is 10.0 Å².